The standard InChI is InChI=1S/C12H17NO4S/c1-10-3-4-11(9-12(10)16-2)18(14,15)13-5-7-17-8-6-13/h3-4,9H,5-8H2,1-2H3. The first-order valence-corrected chi connectivity index (χ1v) is 7.22. The molecule has 1 heterocycles. The lowest BCUT2D eigenvalue weighted by molar-refractivity contribution is 0.0730. The van der Waals surface area contributed by atoms with Gasteiger partial charge in [-0.05, 0) is 18.6 Å². The molecule has 0 N–H and O–H groups in total. The Balaban J connectivity index is 2.34. The molecular weight excluding hydrogens is 254 g/mol. The lowest BCUT2D eigenvalue weighted by atomic mass is 10.2. The molecule has 0 bridgehead atoms. The highest BCUT2D eigenvalue weighted by Crippen LogP contribution is 2.24. The Morgan fingerprint density at radius 1 is 1.28 bits per heavy atom. The second-order valence-corrected chi connectivity index (χ2v) is 6.09. The lowest BCUT2D eigenvalue weighted by Crippen LogP contribution is -2.40. The summed E-state index contributed by atoms with van der Waals surface area (Å²) in [6, 6.07) is 4.94. The fourth-order valence-electron chi connectivity index (χ4n) is 1.90. The second-order valence-electron chi connectivity index (χ2n) is 4.15. The van der Waals surface area contributed by atoms with E-state index in [0.29, 0.717) is 32.1 Å². The third-order valence-corrected chi connectivity index (χ3v) is 4.88. The fraction of sp³-hybridized carbons (Fsp3) is 0.500. The molecule has 6 heteroatoms. The first-order chi connectivity index (χ1) is 8.55. The Morgan fingerprint density at radius 3 is 2.56 bits per heavy atom. The topological polar surface area (TPSA) is 55.8 Å². The molecule has 0 radical (unpaired) electrons. The predicted octanol–water partition coefficient (Wildman–Crippen LogP) is 1.02. The molecule has 0 aromatic heterocycles. The van der Waals surface area contributed by atoms with Gasteiger partial charge >= 0.3 is 0 Å². The fourth-order valence-corrected chi connectivity index (χ4v) is 3.32. The van der Waals surface area contributed by atoms with Crippen molar-refractivity contribution in [1.29, 1.82) is 0 Å². The number of morpholine rings is 1. The molecule has 0 spiro atoms. The molecule has 5 nitrogen and oxygen atoms in total. The van der Waals surface area contributed by atoms with E-state index in [2.05, 4.69) is 0 Å². The molecule has 0 atom stereocenters. The molecule has 1 aromatic rings. The van der Waals surface area contributed by atoms with Gasteiger partial charge in [0.25, 0.3) is 0 Å². The second kappa shape index (κ2) is 5.26. The maximum atomic E-state index is 12.4. The summed E-state index contributed by atoms with van der Waals surface area (Å²) in [5.41, 5.74) is 0.915. The van der Waals surface area contributed by atoms with Crippen molar-refractivity contribution in [3.63, 3.8) is 0 Å². The number of methoxy groups -OCH3 is 1. The summed E-state index contributed by atoms with van der Waals surface area (Å²) in [5.74, 6) is 0.587. The van der Waals surface area contributed by atoms with E-state index >= 15 is 0 Å². The molecule has 1 saturated heterocycles. The van der Waals surface area contributed by atoms with E-state index in [-0.39, 0.29) is 4.90 Å². The Labute approximate surface area is 107 Å². The van der Waals surface area contributed by atoms with Crippen molar-refractivity contribution < 1.29 is 17.9 Å². The monoisotopic (exact) mass is 271 g/mol. The van der Waals surface area contributed by atoms with E-state index in [9.17, 15) is 8.42 Å². The number of ether oxygens (including phenoxy) is 2. The zero-order chi connectivity index (χ0) is 13.2. The number of hydrogen-bond donors (Lipinski definition) is 0. The quantitative estimate of drug-likeness (QED) is 0.824. The van der Waals surface area contributed by atoms with Gasteiger partial charge in [-0.1, -0.05) is 6.07 Å². The van der Waals surface area contributed by atoms with E-state index in [0.717, 1.165) is 5.56 Å². The van der Waals surface area contributed by atoms with Gasteiger partial charge in [0, 0.05) is 19.2 Å². The summed E-state index contributed by atoms with van der Waals surface area (Å²) in [4.78, 5) is 0.270. The smallest absolute Gasteiger partial charge is 0.243 e. The number of aryl methyl sites for hydroxylation is 1. The van der Waals surface area contributed by atoms with E-state index in [1.54, 1.807) is 18.2 Å². The van der Waals surface area contributed by atoms with Gasteiger partial charge in [0.15, 0.2) is 0 Å². The van der Waals surface area contributed by atoms with Gasteiger partial charge in [-0.25, -0.2) is 8.42 Å². The molecule has 0 amide bonds. The van der Waals surface area contributed by atoms with Crippen LogP contribution >= 0.6 is 0 Å². The molecule has 0 unspecified atom stereocenters. The summed E-state index contributed by atoms with van der Waals surface area (Å²) in [5, 5.41) is 0. The summed E-state index contributed by atoms with van der Waals surface area (Å²) in [6.07, 6.45) is 0. The first-order valence-electron chi connectivity index (χ1n) is 5.78. The van der Waals surface area contributed by atoms with Gasteiger partial charge in [0.2, 0.25) is 10.0 Å². The van der Waals surface area contributed by atoms with E-state index < -0.39 is 10.0 Å². The molecule has 1 aliphatic rings. The largest absolute Gasteiger partial charge is 0.496 e. The highest BCUT2D eigenvalue weighted by molar-refractivity contribution is 7.89. The zero-order valence-electron chi connectivity index (χ0n) is 10.5. The number of sulfonamides is 1. The first kappa shape index (κ1) is 13.3. The summed E-state index contributed by atoms with van der Waals surface area (Å²) < 4.78 is 36.5. The van der Waals surface area contributed by atoms with Crippen LogP contribution in [0.5, 0.6) is 5.75 Å². The van der Waals surface area contributed by atoms with Crippen LogP contribution in [0, 0.1) is 6.92 Å². The van der Waals surface area contributed by atoms with E-state index in [1.807, 2.05) is 6.92 Å². The summed E-state index contributed by atoms with van der Waals surface area (Å²) >= 11 is 0. The molecule has 18 heavy (non-hydrogen) atoms. The lowest BCUT2D eigenvalue weighted by Gasteiger charge is -2.26. The third-order valence-electron chi connectivity index (χ3n) is 2.99. The van der Waals surface area contributed by atoms with E-state index in [4.69, 9.17) is 9.47 Å². The Kier molecular flexibility index (Phi) is 3.89. The number of nitrogens with zero attached hydrogens (tertiary/aromatic N) is 1. The van der Waals surface area contributed by atoms with Gasteiger partial charge in [-0.3, -0.25) is 0 Å². The Bertz CT molecular complexity index is 521. The van der Waals surface area contributed by atoms with Gasteiger partial charge in [0.05, 0.1) is 25.2 Å². The third kappa shape index (κ3) is 2.50. The number of benzene rings is 1. The molecule has 0 aliphatic carbocycles. The Hall–Kier alpha value is -1.11. The Morgan fingerprint density at radius 2 is 1.94 bits per heavy atom. The van der Waals surface area contributed by atoms with Gasteiger partial charge in [-0.15, -0.1) is 0 Å². The number of hydrogen-bond acceptors (Lipinski definition) is 4. The van der Waals surface area contributed by atoms with Crippen LogP contribution in [-0.4, -0.2) is 46.1 Å². The molecule has 1 aliphatic heterocycles. The van der Waals surface area contributed by atoms with Gasteiger partial charge in [-0.2, -0.15) is 4.31 Å². The van der Waals surface area contributed by atoms with Crippen molar-refractivity contribution in [2.45, 2.75) is 11.8 Å². The van der Waals surface area contributed by atoms with Crippen LogP contribution in [0.1, 0.15) is 5.56 Å². The van der Waals surface area contributed by atoms with E-state index in [1.165, 1.54) is 11.4 Å². The van der Waals surface area contributed by atoms with Gasteiger partial charge in [0.1, 0.15) is 5.75 Å². The van der Waals surface area contributed by atoms with Crippen LogP contribution in [-0.2, 0) is 14.8 Å². The average molecular weight is 271 g/mol. The minimum Gasteiger partial charge on any atom is -0.496 e. The minimum absolute atomic E-state index is 0.270. The highest BCUT2D eigenvalue weighted by Gasteiger charge is 2.26. The van der Waals surface area contributed by atoms with Crippen LogP contribution in [0.4, 0.5) is 0 Å². The highest BCUT2D eigenvalue weighted by atomic mass is 32.2. The molecular formula is C12H17NO4S. The van der Waals surface area contributed by atoms with Crippen LogP contribution < -0.4 is 4.74 Å². The van der Waals surface area contributed by atoms with Crippen LogP contribution in [0.3, 0.4) is 0 Å². The van der Waals surface area contributed by atoms with Crippen molar-refractivity contribution in [2.75, 3.05) is 33.4 Å². The predicted molar refractivity (Wildman–Crippen MR) is 67.3 cm³/mol. The molecule has 1 aromatic carbocycles. The average Bonchev–Trinajstić information content (AvgIpc) is 2.40. The molecule has 2 rings (SSSR count). The summed E-state index contributed by atoms with van der Waals surface area (Å²) in [6.45, 7) is 3.57. The van der Waals surface area contributed by atoms with Gasteiger partial charge < -0.3 is 9.47 Å². The van der Waals surface area contributed by atoms with Crippen molar-refractivity contribution in [2.24, 2.45) is 0 Å². The molecule has 0 saturated carbocycles. The van der Waals surface area contributed by atoms with Crippen molar-refractivity contribution in [3.8, 4) is 5.75 Å². The van der Waals surface area contributed by atoms with Crippen molar-refractivity contribution >= 4 is 10.0 Å². The summed E-state index contributed by atoms with van der Waals surface area (Å²) in [7, 11) is -1.90. The zero-order valence-corrected chi connectivity index (χ0v) is 11.4. The minimum atomic E-state index is -3.44. The SMILES string of the molecule is COc1cc(S(=O)(=O)N2CCOCC2)ccc1C. The van der Waals surface area contributed by atoms with Crippen LogP contribution in [0.25, 0.3) is 0 Å². The van der Waals surface area contributed by atoms with Crippen molar-refractivity contribution in [1.82, 2.24) is 4.31 Å². The maximum absolute atomic E-state index is 12.4. The normalized spacial score (nSPS) is 17.7. The number of rotatable bonds is 3. The maximum Gasteiger partial charge on any atom is 0.243 e. The van der Waals surface area contributed by atoms with Crippen LogP contribution in [0.2, 0.25) is 0 Å². The molecule has 1 fully saturated rings. The van der Waals surface area contributed by atoms with Crippen LogP contribution in [0.15, 0.2) is 23.1 Å². The van der Waals surface area contributed by atoms with Crippen molar-refractivity contribution in [3.05, 3.63) is 23.8 Å². The molecule has 100 valence electrons.